The molecule has 0 spiro atoms. The fourth-order valence-electron chi connectivity index (χ4n) is 12.8. The van der Waals surface area contributed by atoms with Gasteiger partial charge >= 0.3 is 33.6 Å². The molecule has 6 N–H and O–H groups in total. The normalized spacial score (nSPS) is 13.8. The number of hydrogen-bond donors (Lipinski definition) is 6. The lowest BCUT2D eigenvalue weighted by Crippen LogP contribution is -2.42. The molecule has 0 heterocycles. The summed E-state index contributed by atoms with van der Waals surface area (Å²) in [5, 5.41) is 10.3. The fraction of sp³-hybridized carbons (Fsp3) is 0.916. The van der Waals surface area contributed by atoms with Crippen LogP contribution in [0.4, 0.5) is 4.79 Å². The molecular formula is C83H160N4O19P2. The van der Waals surface area contributed by atoms with Gasteiger partial charge < -0.3 is 50.0 Å². The highest BCUT2D eigenvalue weighted by Crippen LogP contribution is 2.44. The zero-order valence-corrected chi connectivity index (χ0v) is 71.0. The van der Waals surface area contributed by atoms with Crippen molar-refractivity contribution < 1.29 is 89.5 Å². The van der Waals surface area contributed by atoms with E-state index in [1.165, 1.54) is 141 Å². The largest absolute Gasteiger partial charge is 0.472 e. The number of urea groups is 1. The van der Waals surface area contributed by atoms with Crippen LogP contribution in [0.15, 0.2) is 0 Å². The quantitative estimate of drug-likeness (QED) is 0.0143. The van der Waals surface area contributed by atoms with Gasteiger partial charge in [0, 0.05) is 51.6 Å². The number of phosphoric ester groups is 2. The van der Waals surface area contributed by atoms with Crippen molar-refractivity contribution >= 4 is 57.0 Å². The van der Waals surface area contributed by atoms with Crippen molar-refractivity contribution in [2.75, 3.05) is 65.9 Å². The minimum atomic E-state index is -4.80. The van der Waals surface area contributed by atoms with E-state index in [-0.39, 0.29) is 101 Å². The number of carbonyl (C=O) groups excluding carboxylic acids is 7. The Hall–Kier alpha value is -3.37. The van der Waals surface area contributed by atoms with E-state index in [0.717, 1.165) is 141 Å². The molecule has 23 nitrogen and oxygen atoms in total. The number of amides is 4. The molecule has 0 aliphatic carbocycles. The highest BCUT2D eigenvalue weighted by atomic mass is 31.2. The molecule has 108 heavy (non-hydrogen) atoms. The van der Waals surface area contributed by atoms with Gasteiger partial charge in [0.1, 0.15) is 23.8 Å². The lowest BCUT2D eigenvalue weighted by atomic mass is 10.0. The third-order valence-corrected chi connectivity index (χ3v) is 21.3. The summed E-state index contributed by atoms with van der Waals surface area (Å²) in [5.41, 5.74) is 0. The van der Waals surface area contributed by atoms with E-state index in [0.29, 0.717) is 51.4 Å². The van der Waals surface area contributed by atoms with Crippen LogP contribution in [0.2, 0.25) is 0 Å². The third kappa shape index (κ3) is 72.8. The highest BCUT2D eigenvalue weighted by molar-refractivity contribution is 7.47. The van der Waals surface area contributed by atoms with Crippen LogP contribution in [-0.2, 0) is 74.9 Å². The van der Waals surface area contributed by atoms with Crippen molar-refractivity contribution in [1.29, 1.82) is 0 Å². The average Bonchev–Trinajstić information content (AvgIpc) is 0.914. The number of esters is 2. The van der Waals surface area contributed by atoms with Crippen molar-refractivity contribution in [2.45, 2.75) is 425 Å². The van der Waals surface area contributed by atoms with Gasteiger partial charge in [-0.25, -0.2) is 13.9 Å². The molecule has 0 aromatic carbocycles. The van der Waals surface area contributed by atoms with E-state index in [9.17, 15) is 52.5 Å². The van der Waals surface area contributed by atoms with Gasteiger partial charge in [0.05, 0.1) is 77.8 Å². The molecule has 0 aliphatic heterocycles. The Morgan fingerprint density at radius 1 is 0.306 bits per heavy atom. The maximum atomic E-state index is 13.3. The second-order valence-corrected chi connectivity index (χ2v) is 32.9. The third-order valence-electron chi connectivity index (χ3n) is 19.4. The molecule has 0 radical (unpaired) electrons. The Kier molecular flexibility index (Phi) is 73.9. The molecular weight excluding hydrogens is 1420 g/mol. The summed E-state index contributed by atoms with van der Waals surface area (Å²) >= 11 is 0. The SMILES string of the molecule is CCCCCCCCCCCC(=O)CC(=O)NC(COCCC(CCCCCCC)OC(=O)CCCCCCCCCCC)COP(=O)(O)OCCNC(=O)NCCOP(=O)(O)OCC(COCCC(CCCCCCC)OC(=O)CCCCCCCCCCC)NC(=O)CC(=O)CCCCCCCCCCC. The van der Waals surface area contributed by atoms with Crippen LogP contribution in [-0.4, -0.2) is 141 Å². The summed E-state index contributed by atoms with van der Waals surface area (Å²) < 4.78 is 71.2. The second kappa shape index (κ2) is 76.3. The predicted molar refractivity (Wildman–Crippen MR) is 433 cm³/mol. The van der Waals surface area contributed by atoms with E-state index < -0.39 is 72.0 Å². The van der Waals surface area contributed by atoms with Crippen molar-refractivity contribution in [3.05, 3.63) is 0 Å². The molecule has 6 unspecified atom stereocenters. The van der Waals surface area contributed by atoms with Crippen molar-refractivity contribution in [1.82, 2.24) is 21.3 Å². The number of phosphoric acid groups is 2. The van der Waals surface area contributed by atoms with Crippen LogP contribution in [0.5, 0.6) is 0 Å². The Balaban J connectivity index is 5.68. The second-order valence-electron chi connectivity index (χ2n) is 30.0. The number of Topliss-reactive ketones (excluding diaryl/α,β-unsaturated/α-hetero) is 2. The summed E-state index contributed by atoms with van der Waals surface area (Å²) in [6.07, 6.45) is 52.3. The molecule has 0 fully saturated rings. The number of nitrogens with one attached hydrogen (secondary N) is 4. The van der Waals surface area contributed by atoms with Gasteiger partial charge in [-0.2, -0.15) is 0 Å². The van der Waals surface area contributed by atoms with Crippen molar-refractivity contribution in [3.8, 4) is 0 Å². The molecule has 0 saturated carbocycles. The monoisotopic (exact) mass is 1580 g/mol. The number of hydrogen-bond acceptors (Lipinski definition) is 17. The molecule has 4 amide bonds. The maximum absolute atomic E-state index is 13.3. The zero-order valence-electron chi connectivity index (χ0n) is 69.2. The minimum Gasteiger partial charge on any atom is -0.462 e. The lowest BCUT2D eigenvalue weighted by Gasteiger charge is -2.22. The molecule has 0 bridgehead atoms. The number of rotatable bonds is 84. The number of carbonyl (C=O) groups is 7. The molecule has 0 saturated heterocycles. The Morgan fingerprint density at radius 2 is 0.565 bits per heavy atom. The lowest BCUT2D eigenvalue weighted by molar-refractivity contribution is -0.151. The smallest absolute Gasteiger partial charge is 0.462 e. The zero-order chi connectivity index (χ0) is 79.5. The van der Waals surface area contributed by atoms with Crippen LogP contribution in [0.3, 0.4) is 0 Å². The van der Waals surface area contributed by atoms with Gasteiger partial charge in [0.25, 0.3) is 0 Å². The molecule has 0 aliphatic rings. The molecule has 636 valence electrons. The van der Waals surface area contributed by atoms with E-state index in [1.807, 2.05) is 0 Å². The molecule has 0 rings (SSSR count). The van der Waals surface area contributed by atoms with Gasteiger partial charge in [0.15, 0.2) is 0 Å². The number of ether oxygens (including phenoxy) is 4. The highest BCUT2D eigenvalue weighted by Gasteiger charge is 2.28. The van der Waals surface area contributed by atoms with Gasteiger partial charge in [0.2, 0.25) is 11.8 Å². The van der Waals surface area contributed by atoms with E-state index >= 15 is 0 Å². The first-order valence-corrected chi connectivity index (χ1v) is 46.7. The molecule has 0 aromatic heterocycles. The minimum absolute atomic E-state index is 0.153. The number of ketones is 2. The fourth-order valence-corrected chi connectivity index (χ4v) is 14.3. The van der Waals surface area contributed by atoms with Crippen molar-refractivity contribution in [3.63, 3.8) is 0 Å². The Labute approximate surface area is 656 Å². The standard InChI is InChI=1S/C83H160N4O19P2/c1-7-13-19-25-29-33-37-43-47-53-75(88)67-79(90)86-73(69-99-63-59-77(55-49-41-23-17-11-5)105-81(92)57-51-45-39-35-31-27-21-15-9-3)71-103-107(95,96)101-65-61-84-83(94)85-62-66-102-108(97,98)104-72-74(87-80(91)68-76(89)54-48-44-38-34-30-26-20-14-8-2)70-100-64-60-78(56-50-42-24-18-12-6)106-82(93)58-52-46-40-36-32-28-22-16-10-4/h73-74,77-78H,7-72H2,1-6H3,(H,86,90)(H,87,91)(H,95,96)(H,97,98)(H2,84,85,94). The van der Waals surface area contributed by atoms with E-state index in [1.54, 1.807) is 0 Å². The van der Waals surface area contributed by atoms with Crippen LogP contribution < -0.4 is 21.3 Å². The van der Waals surface area contributed by atoms with E-state index in [2.05, 4.69) is 62.8 Å². The van der Waals surface area contributed by atoms with Gasteiger partial charge in [-0.1, -0.05) is 298 Å². The first-order chi connectivity index (χ1) is 52.3. The maximum Gasteiger partial charge on any atom is 0.472 e. The summed E-state index contributed by atoms with van der Waals surface area (Å²) in [7, 11) is -9.60. The average molecular weight is 1580 g/mol. The molecule has 6 atom stereocenters. The van der Waals surface area contributed by atoms with Crippen LogP contribution in [0.1, 0.15) is 401 Å². The molecule has 25 heteroatoms. The van der Waals surface area contributed by atoms with E-state index in [4.69, 9.17) is 37.0 Å². The number of unbranched alkanes of at least 4 members (excludes halogenated alkanes) is 40. The predicted octanol–water partition coefficient (Wildman–Crippen LogP) is 20.5. The van der Waals surface area contributed by atoms with Crippen LogP contribution in [0, 0.1) is 0 Å². The van der Waals surface area contributed by atoms with Gasteiger partial charge in [-0.3, -0.25) is 46.9 Å². The summed E-state index contributed by atoms with van der Waals surface area (Å²) in [4.78, 5) is 113. The summed E-state index contributed by atoms with van der Waals surface area (Å²) in [5.74, 6) is -2.09. The van der Waals surface area contributed by atoms with Crippen LogP contribution in [0.25, 0.3) is 0 Å². The van der Waals surface area contributed by atoms with Gasteiger partial charge in [-0.15, -0.1) is 0 Å². The van der Waals surface area contributed by atoms with Gasteiger partial charge in [-0.05, 0) is 51.4 Å². The Morgan fingerprint density at radius 3 is 0.852 bits per heavy atom. The first-order valence-electron chi connectivity index (χ1n) is 43.7. The summed E-state index contributed by atoms with van der Waals surface area (Å²) in [6.45, 7) is 10.5. The first kappa shape index (κ1) is 105. The van der Waals surface area contributed by atoms with Crippen molar-refractivity contribution in [2.24, 2.45) is 0 Å². The Bertz CT molecular complexity index is 2120. The molecule has 0 aromatic rings. The van der Waals surface area contributed by atoms with Crippen LogP contribution >= 0.6 is 15.6 Å². The topological polar surface area (TPSA) is 316 Å². The summed E-state index contributed by atoms with van der Waals surface area (Å²) in [6, 6.07) is -2.73.